The van der Waals surface area contributed by atoms with Crippen molar-refractivity contribution in [2.45, 2.75) is 19.4 Å². The van der Waals surface area contributed by atoms with Crippen molar-refractivity contribution in [3.8, 4) is 5.75 Å². The summed E-state index contributed by atoms with van der Waals surface area (Å²) in [6.07, 6.45) is -0.170. The highest BCUT2D eigenvalue weighted by Gasteiger charge is 2.33. The molecule has 26 heavy (non-hydrogen) atoms. The van der Waals surface area contributed by atoms with E-state index in [4.69, 9.17) is 21.7 Å². The predicted octanol–water partition coefficient (Wildman–Crippen LogP) is 0.220. The third kappa shape index (κ3) is 5.99. The van der Waals surface area contributed by atoms with E-state index in [0.29, 0.717) is 18.8 Å². The van der Waals surface area contributed by atoms with Crippen LogP contribution in [-0.4, -0.2) is 60.1 Å². The van der Waals surface area contributed by atoms with Gasteiger partial charge in [0.05, 0.1) is 6.42 Å². The molecule has 0 bridgehead atoms. The second kappa shape index (κ2) is 9.71. The maximum Gasteiger partial charge on any atom is 0.308 e. The van der Waals surface area contributed by atoms with E-state index in [9.17, 15) is 14.4 Å². The molecule has 2 rings (SSSR count). The van der Waals surface area contributed by atoms with Gasteiger partial charge in [-0.25, -0.2) is 0 Å². The van der Waals surface area contributed by atoms with Crippen molar-refractivity contribution in [1.82, 2.24) is 15.5 Å². The Balaban J connectivity index is 1.81. The minimum atomic E-state index is -0.814. The number of carbonyl (C=O) groups is 3. The summed E-state index contributed by atoms with van der Waals surface area (Å²) >= 11 is 5.14. The van der Waals surface area contributed by atoms with E-state index >= 15 is 0 Å². The molecule has 0 saturated carbocycles. The van der Waals surface area contributed by atoms with Crippen LogP contribution in [0.15, 0.2) is 30.3 Å². The lowest BCUT2D eigenvalue weighted by molar-refractivity contribution is -0.148. The lowest BCUT2D eigenvalue weighted by atomic mass is 10.1. The number of piperazine rings is 1. The number of nitrogens with one attached hydrogen (secondary N) is 2. The molecule has 1 saturated heterocycles. The van der Waals surface area contributed by atoms with E-state index in [0.717, 1.165) is 0 Å². The zero-order chi connectivity index (χ0) is 18.9. The van der Waals surface area contributed by atoms with Gasteiger partial charge in [0, 0.05) is 20.0 Å². The summed E-state index contributed by atoms with van der Waals surface area (Å²) in [5, 5.41) is 5.27. The van der Waals surface area contributed by atoms with E-state index in [2.05, 4.69) is 10.6 Å². The Labute approximate surface area is 156 Å². The molecule has 2 amide bonds. The van der Waals surface area contributed by atoms with Crippen LogP contribution in [0, 0.1) is 0 Å². The standard InChI is InChI=1S/C17H21N3O5S/c1-12(21)19-17(26)20-8-7-18-16(23)14(20)11-15(22)25-10-9-24-13-5-3-2-4-6-13/h2-6,14H,7-11H2,1H3,(H,18,23)(H,19,21,26). The number of hydrogen-bond acceptors (Lipinski definition) is 6. The van der Waals surface area contributed by atoms with Crippen LogP contribution in [0.4, 0.5) is 0 Å². The Morgan fingerprint density at radius 2 is 2.04 bits per heavy atom. The average molecular weight is 379 g/mol. The molecular formula is C17H21N3O5S. The molecule has 1 heterocycles. The second-order valence-electron chi connectivity index (χ2n) is 5.57. The molecule has 140 valence electrons. The zero-order valence-electron chi connectivity index (χ0n) is 14.4. The largest absolute Gasteiger partial charge is 0.490 e. The summed E-state index contributed by atoms with van der Waals surface area (Å²) < 4.78 is 10.6. The fraction of sp³-hybridized carbons (Fsp3) is 0.412. The van der Waals surface area contributed by atoms with Crippen LogP contribution in [0.5, 0.6) is 5.75 Å². The molecule has 1 aliphatic rings. The molecule has 1 aliphatic heterocycles. The molecule has 1 fully saturated rings. The van der Waals surface area contributed by atoms with Crippen molar-refractivity contribution in [1.29, 1.82) is 0 Å². The van der Waals surface area contributed by atoms with E-state index in [1.807, 2.05) is 18.2 Å². The smallest absolute Gasteiger partial charge is 0.308 e. The zero-order valence-corrected chi connectivity index (χ0v) is 15.2. The molecule has 0 radical (unpaired) electrons. The summed E-state index contributed by atoms with van der Waals surface area (Å²) in [5.74, 6) is -0.525. The van der Waals surface area contributed by atoms with Crippen LogP contribution in [0.1, 0.15) is 13.3 Å². The molecule has 8 nitrogen and oxygen atoms in total. The van der Waals surface area contributed by atoms with Crippen LogP contribution in [0.2, 0.25) is 0 Å². The van der Waals surface area contributed by atoms with Crippen molar-refractivity contribution >= 4 is 35.1 Å². The lowest BCUT2D eigenvalue weighted by Gasteiger charge is -2.36. The molecule has 0 spiro atoms. The van der Waals surface area contributed by atoms with Gasteiger partial charge in [0.2, 0.25) is 11.8 Å². The van der Waals surface area contributed by atoms with Crippen molar-refractivity contribution in [3.63, 3.8) is 0 Å². The van der Waals surface area contributed by atoms with E-state index in [-0.39, 0.29) is 36.6 Å². The van der Waals surface area contributed by atoms with Gasteiger partial charge in [-0.1, -0.05) is 18.2 Å². The number of ether oxygens (including phenoxy) is 2. The summed E-state index contributed by atoms with van der Waals surface area (Å²) in [5.41, 5.74) is 0. The van der Waals surface area contributed by atoms with Gasteiger partial charge >= 0.3 is 5.97 Å². The third-order valence-electron chi connectivity index (χ3n) is 3.59. The van der Waals surface area contributed by atoms with Crippen molar-refractivity contribution < 1.29 is 23.9 Å². The first kappa shape index (κ1) is 19.6. The number of amides is 2. The number of hydrogen-bond donors (Lipinski definition) is 2. The maximum absolute atomic E-state index is 12.1. The molecule has 1 atom stereocenters. The van der Waals surface area contributed by atoms with E-state index in [1.54, 1.807) is 12.1 Å². The highest BCUT2D eigenvalue weighted by molar-refractivity contribution is 7.80. The first-order valence-corrected chi connectivity index (χ1v) is 8.57. The van der Waals surface area contributed by atoms with Crippen molar-refractivity contribution in [3.05, 3.63) is 30.3 Å². The number of thiocarbonyl (C=S) groups is 1. The summed E-state index contributed by atoms with van der Waals surface area (Å²) in [6.45, 7) is 2.39. The fourth-order valence-electron chi connectivity index (χ4n) is 2.43. The summed E-state index contributed by atoms with van der Waals surface area (Å²) in [6, 6.07) is 8.35. The lowest BCUT2D eigenvalue weighted by Crippen LogP contribution is -2.60. The van der Waals surface area contributed by atoms with Gasteiger partial charge in [0.15, 0.2) is 5.11 Å². The Kier molecular flexibility index (Phi) is 7.34. The fourth-order valence-corrected chi connectivity index (χ4v) is 2.79. The topological polar surface area (TPSA) is 97.0 Å². The van der Waals surface area contributed by atoms with E-state index in [1.165, 1.54) is 11.8 Å². The van der Waals surface area contributed by atoms with Crippen molar-refractivity contribution in [2.75, 3.05) is 26.3 Å². The molecule has 1 aromatic rings. The highest BCUT2D eigenvalue weighted by Crippen LogP contribution is 2.11. The number of carbonyl (C=O) groups excluding carboxylic acids is 3. The molecule has 0 aromatic heterocycles. The van der Waals surface area contributed by atoms with Gasteiger partial charge in [-0.15, -0.1) is 0 Å². The van der Waals surface area contributed by atoms with Crippen LogP contribution >= 0.6 is 12.2 Å². The quantitative estimate of drug-likeness (QED) is 0.415. The maximum atomic E-state index is 12.1. The number of benzene rings is 1. The average Bonchev–Trinajstić information content (AvgIpc) is 2.60. The Morgan fingerprint density at radius 3 is 2.73 bits per heavy atom. The van der Waals surface area contributed by atoms with Crippen molar-refractivity contribution in [2.24, 2.45) is 0 Å². The van der Waals surface area contributed by atoms with Gasteiger partial charge in [0.1, 0.15) is 25.0 Å². The minimum Gasteiger partial charge on any atom is -0.490 e. The molecule has 9 heteroatoms. The Hall–Kier alpha value is -2.68. The number of rotatable bonds is 6. The van der Waals surface area contributed by atoms with Crippen LogP contribution < -0.4 is 15.4 Å². The Bertz CT molecular complexity index is 668. The van der Waals surface area contributed by atoms with Crippen LogP contribution in [0.3, 0.4) is 0 Å². The SMILES string of the molecule is CC(=O)NC(=S)N1CCNC(=O)C1CC(=O)OCCOc1ccccc1. The van der Waals surface area contributed by atoms with Gasteiger partial charge in [-0.3, -0.25) is 14.4 Å². The first-order valence-electron chi connectivity index (χ1n) is 8.16. The summed E-state index contributed by atoms with van der Waals surface area (Å²) in [4.78, 5) is 36.8. The van der Waals surface area contributed by atoms with Gasteiger partial charge in [-0.2, -0.15) is 0 Å². The van der Waals surface area contributed by atoms with Crippen LogP contribution in [-0.2, 0) is 19.1 Å². The Morgan fingerprint density at radius 1 is 1.31 bits per heavy atom. The van der Waals surface area contributed by atoms with E-state index < -0.39 is 12.0 Å². The first-order chi connectivity index (χ1) is 12.5. The summed E-state index contributed by atoms with van der Waals surface area (Å²) in [7, 11) is 0. The molecule has 2 N–H and O–H groups in total. The highest BCUT2D eigenvalue weighted by atomic mass is 32.1. The molecule has 0 aliphatic carbocycles. The number of para-hydroxylation sites is 1. The molecule has 1 unspecified atom stereocenters. The van der Waals surface area contributed by atoms with Gasteiger partial charge < -0.3 is 25.0 Å². The number of nitrogens with zero attached hydrogens (tertiary/aromatic N) is 1. The third-order valence-corrected chi connectivity index (χ3v) is 3.93. The number of esters is 1. The monoisotopic (exact) mass is 379 g/mol. The molecule has 1 aromatic carbocycles. The predicted molar refractivity (Wildman–Crippen MR) is 97.4 cm³/mol. The van der Waals surface area contributed by atoms with Crippen LogP contribution in [0.25, 0.3) is 0 Å². The minimum absolute atomic E-state index is 0.0677. The second-order valence-corrected chi connectivity index (χ2v) is 5.96. The van der Waals surface area contributed by atoms with Gasteiger partial charge in [0.25, 0.3) is 0 Å². The molecular weight excluding hydrogens is 358 g/mol. The normalized spacial score (nSPS) is 16.4. The van der Waals surface area contributed by atoms with Gasteiger partial charge in [-0.05, 0) is 24.4 Å².